The zero-order valence-electron chi connectivity index (χ0n) is 16.0. The van der Waals surface area contributed by atoms with Crippen LogP contribution < -0.4 is 15.1 Å². The maximum absolute atomic E-state index is 14.0. The zero-order valence-corrected chi connectivity index (χ0v) is 16.0. The number of halogens is 1. The lowest BCUT2D eigenvalue weighted by Gasteiger charge is -2.36. The number of para-hydroxylation sites is 1. The van der Waals surface area contributed by atoms with E-state index in [-0.39, 0.29) is 5.82 Å². The fourth-order valence-corrected chi connectivity index (χ4v) is 3.45. The van der Waals surface area contributed by atoms with Gasteiger partial charge >= 0.3 is 0 Å². The van der Waals surface area contributed by atoms with Crippen molar-refractivity contribution in [2.45, 2.75) is 13.5 Å². The van der Waals surface area contributed by atoms with Crippen LogP contribution in [0.3, 0.4) is 0 Å². The van der Waals surface area contributed by atoms with Gasteiger partial charge in [-0.05, 0) is 36.2 Å². The van der Waals surface area contributed by atoms with Crippen LogP contribution in [0.25, 0.3) is 0 Å². The minimum atomic E-state index is -0.172. The molecule has 6 heteroatoms. The first-order valence-corrected chi connectivity index (χ1v) is 9.56. The van der Waals surface area contributed by atoms with Crippen LogP contribution >= 0.6 is 0 Å². The van der Waals surface area contributed by atoms with Crippen LogP contribution in [0.1, 0.15) is 11.1 Å². The summed E-state index contributed by atoms with van der Waals surface area (Å²) in [5.41, 5.74) is 3.17. The Morgan fingerprint density at radius 3 is 2.43 bits per heavy atom. The molecule has 0 spiro atoms. The van der Waals surface area contributed by atoms with E-state index in [0.29, 0.717) is 11.6 Å². The Labute approximate surface area is 164 Å². The summed E-state index contributed by atoms with van der Waals surface area (Å²) in [6.07, 6.45) is 1.78. The summed E-state index contributed by atoms with van der Waals surface area (Å²) in [5, 5.41) is 3.39. The van der Waals surface area contributed by atoms with E-state index in [1.54, 1.807) is 12.3 Å². The van der Waals surface area contributed by atoms with Gasteiger partial charge in [0, 0.05) is 38.9 Å². The van der Waals surface area contributed by atoms with E-state index in [4.69, 9.17) is 0 Å². The number of anilines is 3. The zero-order chi connectivity index (χ0) is 19.3. The molecule has 0 amide bonds. The third-order valence-electron chi connectivity index (χ3n) is 5.12. The number of aromatic nitrogens is 2. The number of benzene rings is 2. The highest BCUT2D eigenvalue weighted by atomic mass is 19.1. The van der Waals surface area contributed by atoms with Crippen molar-refractivity contribution in [3.05, 3.63) is 77.7 Å². The highest BCUT2D eigenvalue weighted by Crippen LogP contribution is 2.22. The fraction of sp³-hybridized carbons (Fsp3) is 0.273. The van der Waals surface area contributed by atoms with Crippen LogP contribution in [0.5, 0.6) is 0 Å². The van der Waals surface area contributed by atoms with Gasteiger partial charge in [-0.1, -0.05) is 36.4 Å². The molecule has 1 fully saturated rings. The summed E-state index contributed by atoms with van der Waals surface area (Å²) in [5.74, 6) is 1.35. The van der Waals surface area contributed by atoms with Crippen LogP contribution in [-0.2, 0) is 6.54 Å². The maximum Gasteiger partial charge on any atom is 0.227 e. The Balaban J connectivity index is 1.39. The number of nitrogens with zero attached hydrogens (tertiary/aromatic N) is 4. The quantitative estimate of drug-likeness (QED) is 0.731. The molecule has 144 valence electrons. The second-order valence-electron chi connectivity index (χ2n) is 6.95. The van der Waals surface area contributed by atoms with Gasteiger partial charge in [0.2, 0.25) is 5.95 Å². The van der Waals surface area contributed by atoms with Crippen molar-refractivity contribution in [1.29, 1.82) is 0 Å². The summed E-state index contributed by atoms with van der Waals surface area (Å²) in [4.78, 5) is 13.3. The molecule has 0 atom stereocenters. The van der Waals surface area contributed by atoms with Gasteiger partial charge < -0.3 is 15.1 Å². The van der Waals surface area contributed by atoms with E-state index in [1.165, 1.54) is 17.2 Å². The Morgan fingerprint density at radius 1 is 0.929 bits per heavy atom. The second kappa shape index (κ2) is 8.25. The number of nitrogens with one attached hydrogen (secondary N) is 1. The lowest BCUT2D eigenvalue weighted by atomic mass is 10.1. The Hall–Kier alpha value is -3.15. The smallest absolute Gasteiger partial charge is 0.227 e. The topological polar surface area (TPSA) is 44.3 Å². The Bertz CT molecular complexity index is 937. The molecule has 1 N–H and O–H groups in total. The summed E-state index contributed by atoms with van der Waals surface area (Å²) in [6, 6.07) is 17.1. The van der Waals surface area contributed by atoms with Crippen molar-refractivity contribution in [2.24, 2.45) is 0 Å². The van der Waals surface area contributed by atoms with Gasteiger partial charge in [-0.15, -0.1) is 0 Å². The highest BCUT2D eigenvalue weighted by Gasteiger charge is 2.21. The van der Waals surface area contributed by atoms with Crippen LogP contribution in [-0.4, -0.2) is 36.1 Å². The predicted molar refractivity (Wildman–Crippen MR) is 111 cm³/mol. The van der Waals surface area contributed by atoms with Gasteiger partial charge in [-0.25, -0.2) is 9.37 Å². The molecule has 0 saturated carbocycles. The molecule has 5 nitrogen and oxygen atoms in total. The second-order valence-corrected chi connectivity index (χ2v) is 6.95. The first-order chi connectivity index (χ1) is 13.7. The molecule has 0 bridgehead atoms. The minimum Gasteiger partial charge on any atom is -0.366 e. The summed E-state index contributed by atoms with van der Waals surface area (Å²) < 4.78 is 14.0. The average molecular weight is 377 g/mol. The summed E-state index contributed by atoms with van der Waals surface area (Å²) >= 11 is 0. The van der Waals surface area contributed by atoms with E-state index >= 15 is 0 Å². The van der Waals surface area contributed by atoms with E-state index in [9.17, 15) is 4.39 Å². The lowest BCUT2D eigenvalue weighted by molar-refractivity contribution is 0.594. The van der Waals surface area contributed by atoms with Gasteiger partial charge in [-0.2, -0.15) is 4.98 Å². The maximum atomic E-state index is 14.0. The van der Waals surface area contributed by atoms with Crippen molar-refractivity contribution in [2.75, 3.05) is 41.3 Å². The van der Waals surface area contributed by atoms with Gasteiger partial charge in [-0.3, -0.25) is 0 Å². The van der Waals surface area contributed by atoms with Crippen molar-refractivity contribution in [1.82, 2.24) is 9.97 Å². The standard InChI is InChI=1S/C22H24FN5/c1-17-6-2-3-7-18(17)16-25-21-10-11-24-22(26-21)28-14-12-27(13-15-28)20-9-5-4-8-19(20)23/h2-11H,12-16H2,1H3,(H,24,25,26). The molecule has 1 saturated heterocycles. The lowest BCUT2D eigenvalue weighted by Crippen LogP contribution is -2.47. The molecular formula is C22H24FN5. The molecule has 3 aromatic rings. The average Bonchev–Trinajstić information content (AvgIpc) is 2.74. The number of hydrogen-bond donors (Lipinski definition) is 1. The SMILES string of the molecule is Cc1ccccc1CNc1ccnc(N2CCN(c3ccccc3F)CC2)n1. The van der Waals surface area contributed by atoms with E-state index in [1.807, 2.05) is 30.3 Å². The molecule has 2 aromatic carbocycles. The minimum absolute atomic E-state index is 0.172. The largest absolute Gasteiger partial charge is 0.366 e. The normalized spacial score (nSPS) is 14.2. The molecule has 1 aliphatic heterocycles. The Morgan fingerprint density at radius 2 is 1.64 bits per heavy atom. The van der Waals surface area contributed by atoms with Crippen molar-refractivity contribution < 1.29 is 4.39 Å². The van der Waals surface area contributed by atoms with Crippen molar-refractivity contribution in [3.8, 4) is 0 Å². The number of aryl methyl sites for hydroxylation is 1. The van der Waals surface area contributed by atoms with E-state index in [0.717, 1.165) is 38.5 Å². The molecule has 2 heterocycles. The van der Waals surface area contributed by atoms with Crippen LogP contribution in [0.4, 0.5) is 21.8 Å². The van der Waals surface area contributed by atoms with Crippen molar-refractivity contribution in [3.63, 3.8) is 0 Å². The highest BCUT2D eigenvalue weighted by molar-refractivity contribution is 5.50. The molecule has 1 aromatic heterocycles. The molecular weight excluding hydrogens is 353 g/mol. The van der Waals surface area contributed by atoms with Gasteiger partial charge in [0.1, 0.15) is 11.6 Å². The number of rotatable bonds is 5. The number of piperazine rings is 1. The molecule has 0 aliphatic carbocycles. The Kier molecular flexibility index (Phi) is 5.37. The molecule has 0 radical (unpaired) electrons. The van der Waals surface area contributed by atoms with Crippen molar-refractivity contribution >= 4 is 17.5 Å². The third-order valence-corrected chi connectivity index (χ3v) is 5.12. The fourth-order valence-electron chi connectivity index (χ4n) is 3.45. The predicted octanol–water partition coefficient (Wildman–Crippen LogP) is 3.86. The molecule has 28 heavy (non-hydrogen) atoms. The molecule has 1 aliphatic rings. The molecule has 4 rings (SSSR count). The van der Waals surface area contributed by atoms with Crippen LogP contribution in [0, 0.1) is 12.7 Å². The summed E-state index contributed by atoms with van der Waals surface area (Å²) in [7, 11) is 0. The van der Waals surface area contributed by atoms with Crippen LogP contribution in [0.2, 0.25) is 0 Å². The first-order valence-electron chi connectivity index (χ1n) is 9.56. The number of hydrogen-bond acceptors (Lipinski definition) is 5. The van der Waals surface area contributed by atoms with Crippen LogP contribution in [0.15, 0.2) is 60.8 Å². The molecule has 0 unspecified atom stereocenters. The van der Waals surface area contributed by atoms with Gasteiger partial charge in [0.25, 0.3) is 0 Å². The summed E-state index contributed by atoms with van der Waals surface area (Å²) in [6.45, 7) is 5.84. The van der Waals surface area contributed by atoms with Gasteiger partial charge in [0.15, 0.2) is 0 Å². The monoisotopic (exact) mass is 377 g/mol. The first kappa shape index (κ1) is 18.2. The van der Waals surface area contributed by atoms with Gasteiger partial charge in [0.05, 0.1) is 5.69 Å². The van der Waals surface area contributed by atoms with E-state index < -0.39 is 0 Å². The van der Waals surface area contributed by atoms with E-state index in [2.05, 4.69) is 44.1 Å². The third kappa shape index (κ3) is 4.06.